The standard InChI is InChI=1S/C16H28N2O/c1-4-14-5-6-16(19-3)15(11-14)8-10-18-12-13(2)7-9-17/h5-6,11,13,18H,4,7-10,12,17H2,1-3H3. The predicted octanol–water partition coefficient (Wildman–Crippen LogP) is 2.37. The van der Waals surface area contributed by atoms with Gasteiger partial charge in [-0.15, -0.1) is 0 Å². The van der Waals surface area contributed by atoms with Gasteiger partial charge in [0.2, 0.25) is 0 Å². The maximum absolute atomic E-state index is 5.55. The lowest BCUT2D eigenvalue weighted by Crippen LogP contribution is -2.25. The average Bonchev–Trinajstić information content (AvgIpc) is 2.43. The minimum absolute atomic E-state index is 0.647. The van der Waals surface area contributed by atoms with Crippen LogP contribution in [0.3, 0.4) is 0 Å². The van der Waals surface area contributed by atoms with Crippen molar-refractivity contribution >= 4 is 0 Å². The molecular weight excluding hydrogens is 236 g/mol. The molecule has 1 unspecified atom stereocenters. The molecule has 3 heteroatoms. The fraction of sp³-hybridized carbons (Fsp3) is 0.625. The molecule has 0 heterocycles. The van der Waals surface area contributed by atoms with E-state index in [1.807, 2.05) is 0 Å². The SMILES string of the molecule is CCc1ccc(OC)c(CCNCC(C)CCN)c1. The van der Waals surface area contributed by atoms with Gasteiger partial charge in [0, 0.05) is 0 Å². The van der Waals surface area contributed by atoms with Crippen molar-refractivity contribution in [2.24, 2.45) is 11.7 Å². The molecule has 0 radical (unpaired) electrons. The fourth-order valence-corrected chi connectivity index (χ4v) is 2.21. The Balaban J connectivity index is 2.43. The number of aryl methyl sites for hydroxylation is 1. The molecule has 0 aliphatic carbocycles. The summed E-state index contributed by atoms with van der Waals surface area (Å²) >= 11 is 0. The van der Waals surface area contributed by atoms with E-state index >= 15 is 0 Å². The van der Waals surface area contributed by atoms with Crippen LogP contribution in [0.15, 0.2) is 18.2 Å². The molecule has 0 aliphatic heterocycles. The van der Waals surface area contributed by atoms with E-state index in [4.69, 9.17) is 10.5 Å². The summed E-state index contributed by atoms with van der Waals surface area (Å²) in [5, 5.41) is 3.50. The number of ether oxygens (including phenoxy) is 1. The van der Waals surface area contributed by atoms with Crippen molar-refractivity contribution in [1.29, 1.82) is 0 Å². The maximum atomic E-state index is 5.55. The van der Waals surface area contributed by atoms with Crippen molar-refractivity contribution in [3.8, 4) is 5.75 Å². The van der Waals surface area contributed by atoms with Crippen molar-refractivity contribution < 1.29 is 4.74 Å². The van der Waals surface area contributed by atoms with Gasteiger partial charge in [0.05, 0.1) is 7.11 Å². The first kappa shape index (κ1) is 16.0. The van der Waals surface area contributed by atoms with E-state index in [-0.39, 0.29) is 0 Å². The van der Waals surface area contributed by atoms with Gasteiger partial charge >= 0.3 is 0 Å². The highest BCUT2D eigenvalue weighted by Crippen LogP contribution is 2.20. The van der Waals surface area contributed by atoms with Gasteiger partial charge in [0.15, 0.2) is 0 Å². The van der Waals surface area contributed by atoms with E-state index in [0.29, 0.717) is 5.92 Å². The van der Waals surface area contributed by atoms with Gasteiger partial charge < -0.3 is 15.8 Å². The highest BCUT2D eigenvalue weighted by molar-refractivity contribution is 5.37. The minimum atomic E-state index is 0.647. The third-order valence-electron chi connectivity index (χ3n) is 3.48. The van der Waals surface area contributed by atoms with E-state index in [0.717, 1.165) is 44.6 Å². The Labute approximate surface area is 117 Å². The van der Waals surface area contributed by atoms with E-state index < -0.39 is 0 Å². The second kappa shape index (κ2) is 8.94. The first-order valence-electron chi connectivity index (χ1n) is 7.27. The highest BCUT2D eigenvalue weighted by atomic mass is 16.5. The second-order valence-electron chi connectivity index (χ2n) is 5.14. The Hall–Kier alpha value is -1.06. The molecule has 1 atom stereocenters. The van der Waals surface area contributed by atoms with Crippen LogP contribution in [0.5, 0.6) is 5.75 Å². The third-order valence-corrected chi connectivity index (χ3v) is 3.48. The lowest BCUT2D eigenvalue weighted by molar-refractivity contribution is 0.408. The Morgan fingerprint density at radius 2 is 2.16 bits per heavy atom. The molecule has 0 aliphatic rings. The topological polar surface area (TPSA) is 47.3 Å². The van der Waals surface area contributed by atoms with Crippen LogP contribution in [-0.2, 0) is 12.8 Å². The molecule has 0 spiro atoms. The maximum Gasteiger partial charge on any atom is 0.122 e. The summed E-state index contributed by atoms with van der Waals surface area (Å²) < 4.78 is 5.42. The number of benzene rings is 1. The Bertz CT molecular complexity index is 366. The van der Waals surface area contributed by atoms with Crippen LogP contribution in [0.2, 0.25) is 0 Å². The molecule has 0 amide bonds. The predicted molar refractivity (Wildman–Crippen MR) is 81.8 cm³/mol. The zero-order chi connectivity index (χ0) is 14.1. The third kappa shape index (κ3) is 5.62. The molecule has 108 valence electrons. The zero-order valence-corrected chi connectivity index (χ0v) is 12.5. The summed E-state index contributed by atoms with van der Waals surface area (Å²) in [6.07, 6.45) is 3.16. The van der Waals surface area contributed by atoms with E-state index in [1.54, 1.807) is 7.11 Å². The first-order chi connectivity index (χ1) is 9.21. The summed E-state index contributed by atoms with van der Waals surface area (Å²) in [7, 11) is 1.74. The molecule has 3 N–H and O–H groups in total. The number of nitrogens with two attached hydrogens (primary N) is 1. The highest BCUT2D eigenvalue weighted by Gasteiger charge is 2.05. The molecule has 0 fully saturated rings. The van der Waals surface area contributed by atoms with Crippen LogP contribution in [0.1, 0.15) is 31.4 Å². The fourth-order valence-electron chi connectivity index (χ4n) is 2.21. The van der Waals surface area contributed by atoms with E-state index in [1.165, 1.54) is 11.1 Å². The molecule has 19 heavy (non-hydrogen) atoms. The van der Waals surface area contributed by atoms with Gasteiger partial charge in [-0.3, -0.25) is 0 Å². The van der Waals surface area contributed by atoms with Crippen LogP contribution in [0.25, 0.3) is 0 Å². The van der Waals surface area contributed by atoms with Gasteiger partial charge in [-0.25, -0.2) is 0 Å². The Morgan fingerprint density at radius 3 is 2.79 bits per heavy atom. The van der Waals surface area contributed by atoms with Crippen molar-refractivity contribution in [1.82, 2.24) is 5.32 Å². The lowest BCUT2D eigenvalue weighted by Gasteiger charge is -2.13. The number of nitrogens with one attached hydrogen (secondary N) is 1. The van der Waals surface area contributed by atoms with Gasteiger partial charge in [0.1, 0.15) is 5.75 Å². The lowest BCUT2D eigenvalue weighted by atomic mass is 10.0. The summed E-state index contributed by atoms with van der Waals surface area (Å²) in [5.74, 6) is 1.64. The van der Waals surface area contributed by atoms with Gasteiger partial charge in [-0.2, -0.15) is 0 Å². The molecule has 0 bridgehead atoms. The molecular formula is C16H28N2O. The zero-order valence-electron chi connectivity index (χ0n) is 12.5. The van der Waals surface area contributed by atoms with Crippen LogP contribution in [-0.4, -0.2) is 26.7 Å². The smallest absolute Gasteiger partial charge is 0.122 e. The minimum Gasteiger partial charge on any atom is -0.496 e. The quantitative estimate of drug-likeness (QED) is 0.673. The van der Waals surface area contributed by atoms with Crippen LogP contribution in [0.4, 0.5) is 0 Å². The average molecular weight is 264 g/mol. The summed E-state index contributed by atoms with van der Waals surface area (Å²) in [4.78, 5) is 0. The number of hydrogen-bond acceptors (Lipinski definition) is 3. The van der Waals surface area contributed by atoms with Crippen LogP contribution >= 0.6 is 0 Å². The van der Waals surface area contributed by atoms with Crippen molar-refractivity contribution in [3.63, 3.8) is 0 Å². The van der Waals surface area contributed by atoms with Crippen molar-refractivity contribution in [2.75, 3.05) is 26.7 Å². The molecule has 1 aromatic rings. The summed E-state index contributed by atoms with van der Waals surface area (Å²) in [5.41, 5.74) is 8.21. The van der Waals surface area contributed by atoms with E-state index in [9.17, 15) is 0 Å². The normalized spacial score (nSPS) is 12.4. The number of methoxy groups -OCH3 is 1. The van der Waals surface area contributed by atoms with E-state index in [2.05, 4.69) is 37.4 Å². The summed E-state index contributed by atoms with van der Waals surface area (Å²) in [6.45, 7) is 7.21. The van der Waals surface area contributed by atoms with Gasteiger partial charge in [0.25, 0.3) is 0 Å². The van der Waals surface area contributed by atoms with Crippen LogP contribution in [0, 0.1) is 5.92 Å². The van der Waals surface area contributed by atoms with Crippen molar-refractivity contribution in [3.05, 3.63) is 29.3 Å². The molecule has 0 aromatic heterocycles. The van der Waals surface area contributed by atoms with Crippen molar-refractivity contribution in [2.45, 2.75) is 33.1 Å². The largest absolute Gasteiger partial charge is 0.496 e. The van der Waals surface area contributed by atoms with Gasteiger partial charge in [-0.1, -0.05) is 26.0 Å². The number of hydrogen-bond donors (Lipinski definition) is 2. The molecule has 1 aromatic carbocycles. The molecule has 1 rings (SSSR count). The second-order valence-corrected chi connectivity index (χ2v) is 5.14. The molecule has 3 nitrogen and oxygen atoms in total. The van der Waals surface area contributed by atoms with Crippen LogP contribution < -0.4 is 15.8 Å². The summed E-state index contributed by atoms with van der Waals surface area (Å²) in [6, 6.07) is 6.47. The van der Waals surface area contributed by atoms with Gasteiger partial charge in [-0.05, 0) is 62.0 Å². The number of rotatable bonds is 9. The first-order valence-corrected chi connectivity index (χ1v) is 7.27. The monoisotopic (exact) mass is 264 g/mol. The Morgan fingerprint density at radius 1 is 1.37 bits per heavy atom. The molecule has 0 saturated heterocycles. The Kier molecular flexibility index (Phi) is 7.53. The molecule has 0 saturated carbocycles.